The summed E-state index contributed by atoms with van der Waals surface area (Å²) in [5.74, 6) is 1.29. The molecule has 1 N–H and O–H groups in total. The average Bonchev–Trinajstić information content (AvgIpc) is 2.60. The van der Waals surface area contributed by atoms with Crippen LogP contribution in [0.3, 0.4) is 0 Å². The van der Waals surface area contributed by atoms with E-state index in [-0.39, 0.29) is 12.5 Å². The Morgan fingerprint density at radius 1 is 1.14 bits per heavy atom. The van der Waals surface area contributed by atoms with E-state index in [1.165, 1.54) is 11.1 Å². The first kappa shape index (κ1) is 22.6. The molecule has 0 fully saturated rings. The quantitative estimate of drug-likeness (QED) is 0.602. The monoisotopic (exact) mass is 440 g/mol. The van der Waals surface area contributed by atoms with Gasteiger partial charge >= 0.3 is 0 Å². The number of amides is 1. The smallest absolute Gasteiger partial charge is 0.240 e. The van der Waals surface area contributed by atoms with Crippen molar-refractivity contribution in [2.75, 3.05) is 29.4 Å². The van der Waals surface area contributed by atoms with Crippen LogP contribution >= 0.6 is 23.4 Å². The normalized spacial score (nSPS) is 11.3. The number of aryl methyl sites for hydroxylation is 2. The molecule has 0 bridgehead atoms. The minimum Gasteiger partial charge on any atom is -0.354 e. The topological polar surface area (TPSA) is 66.5 Å². The molecular weight excluding hydrogens is 416 g/mol. The number of carbonyl (C=O) groups excluding carboxylic acids is 1. The predicted octanol–water partition coefficient (Wildman–Crippen LogP) is 3.77. The van der Waals surface area contributed by atoms with Crippen LogP contribution in [0, 0.1) is 13.8 Å². The lowest BCUT2D eigenvalue weighted by Crippen LogP contribution is -2.41. The molecule has 2 aromatic rings. The molecule has 8 heteroatoms. The lowest BCUT2D eigenvalue weighted by Gasteiger charge is -2.23. The van der Waals surface area contributed by atoms with Crippen LogP contribution in [0.5, 0.6) is 0 Å². The van der Waals surface area contributed by atoms with Gasteiger partial charge in [0.25, 0.3) is 0 Å². The third-order valence-corrected chi connectivity index (χ3v) is 6.57. The summed E-state index contributed by atoms with van der Waals surface area (Å²) in [6.07, 6.45) is 1.09. The van der Waals surface area contributed by atoms with Crippen LogP contribution in [0.4, 0.5) is 5.69 Å². The van der Waals surface area contributed by atoms with E-state index in [1.807, 2.05) is 12.1 Å². The van der Waals surface area contributed by atoms with E-state index >= 15 is 0 Å². The molecular formula is C20H25ClN2O3S2. The Bertz CT molecular complexity index is 933. The number of nitrogens with one attached hydrogen (secondary N) is 1. The summed E-state index contributed by atoms with van der Waals surface area (Å²) in [4.78, 5) is 12.3. The molecule has 1 amide bonds. The Morgan fingerprint density at radius 3 is 2.50 bits per heavy atom. The molecule has 0 atom stereocenters. The molecule has 0 saturated heterocycles. The molecule has 0 aliphatic rings. The van der Waals surface area contributed by atoms with Gasteiger partial charge in [-0.2, -0.15) is 11.8 Å². The Kier molecular flexibility index (Phi) is 8.22. The van der Waals surface area contributed by atoms with E-state index in [1.54, 1.807) is 36.9 Å². The van der Waals surface area contributed by atoms with Crippen LogP contribution in [-0.4, -0.2) is 39.4 Å². The zero-order chi connectivity index (χ0) is 20.7. The van der Waals surface area contributed by atoms with E-state index in [2.05, 4.69) is 24.4 Å². The molecule has 0 saturated carbocycles. The minimum atomic E-state index is -3.60. The van der Waals surface area contributed by atoms with E-state index in [0.29, 0.717) is 22.8 Å². The maximum Gasteiger partial charge on any atom is 0.240 e. The van der Waals surface area contributed by atoms with Crippen LogP contribution in [0.1, 0.15) is 16.7 Å². The summed E-state index contributed by atoms with van der Waals surface area (Å²) in [7, 11) is -3.60. The summed E-state index contributed by atoms with van der Waals surface area (Å²) in [5.41, 5.74) is 3.68. The highest BCUT2D eigenvalue weighted by atomic mass is 35.5. The van der Waals surface area contributed by atoms with Gasteiger partial charge in [-0.1, -0.05) is 35.9 Å². The fourth-order valence-corrected chi connectivity index (χ4v) is 4.76. The fraction of sp³-hybridized carbons (Fsp3) is 0.350. The van der Waals surface area contributed by atoms with Gasteiger partial charge in [0.1, 0.15) is 6.54 Å². The molecule has 0 radical (unpaired) electrons. The fourth-order valence-electron chi connectivity index (χ4n) is 2.68. The van der Waals surface area contributed by atoms with Gasteiger partial charge in [0.2, 0.25) is 15.9 Å². The standard InChI is InChI=1S/C20H25ClN2O3S2/c1-15-6-4-5-7-17(15)14-27-11-10-22-20(24)13-23(28(3,25)26)19-9-8-18(21)12-16(19)2/h4-9,12H,10-11,13-14H2,1-3H3,(H,22,24). The molecule has 5 nitrogen and oxygen atoms in total. The van der Waals surface area contributed by atoms with Crippen molar-refractivity contribution < 1.29 is 13.2 Å². The molecule has 0 heterocycles. The van der Waals surface area contributed by atoms with E-state index in [9.17, 15) is 13.2 Å². The number of benzene rings is 2. The highest BCUT2D eigenvalue weighted by molar-refractivity contribution is 7.98. The van der Waals surface area contributed by atoms with Crippen LogP contribution in [-0.2, 0) is 20.6 Å². The first-order valence-corrected chi connectivity index (χ1v) is 12.2. The Labute approximate surface area is 176 Å². The molecule has 28 heavy (non-hydrogen) atoms. The van der Waals surface area contributed by atoms with Crippen LogP contribution < -0.4 is 9.62 Å². The number of carbonyl (C=O) groups is 1. The van der Waals surface area contributed by atoms with Crippen molar-refractivity contribution >= 4 is 45.0 Å². The van der Waals surface area contributed by atoms with Gasteiger partial charge in [0, 0.05) is 23.1 Å². The number of hydrogen-bond donors (Lipinski definition) is 1. The molecule has 0 aliphatic carbocycles. The van der Waals surface area contributed by atoms with E-state index < -0.39 is 10.0 Å². The van der Waals surface area contributed by atoms with Crippen molar-refractivity contribution in [3.8, 4) is 0 Å². The first-order valence-electron chi connectivity index (χ1n) is 8.81. The van der Waals surface area contributed by atoms with Gasteiger partial charge in [0.15, 0.2) is 0 Å². The van der Waals surface area contributed by atoms with Gasteiger partial charge in [0.05, 0.1) is 11.9 Å². The van der Waals surface area contributed by atoms with Crippen molar-refractivity contribution in [2.45, 2.75) is 19.6 Å². The maximum atomic E-state index is 12.3. The highest BCUT2D eigenvalue weighted by Crippen LogP contribution is 2.25. The predicted molar refractivity (Wildman–Crippen MR) is 119 cm³/mol. The summed E-state index contributed by atoms with van der Waals surface area (Å²) in [6, 6.07) is 13.1. The van der Waals surface area contributed by atoms with Crippen molar-refractivity contribution in [2.24, 2.45) is 0 Å². The molecule has 152 valence electrons. The zero-order valence-electron chi connectivity index (χ0n) is 16.2. The molecule has 0 aliphatic heterocycles. The van der Waals surface area contributed by atoms with Crippen molar-refractivity contribution in [3.63, 3.8) is 0 Å². The highest BCUT2D eigenvalue weighted by Gasteiger charge is 2.22. The number of rotatable bonds is 9. The summed E-state index contributed by atoms with van der Waals surface area (Å²) >= 11 is 7.67. The zero-order valence-corrected chi connectivity index (χ0v) is 18.6. The largest absolute Gasteiger partial charge is 0.354 e. The lowest BCUT2D eigenvalue weighted by molar-refractivity contribution is -0.119. The molecule has 2 aromatic carbocycles. The molecule has 0 spiro atoms. The lowest BCUT2D eigenvalue weighted by atomic mass is 10.1. The summed E-state index contributed by atoms with van der Waals surface area (Å²) in [6.45, 7) is 4.06. The maximum absolute atomic E-state index is 12.3. The van der Waals surface area contributed by atoms with Crippen molar-refractivity contribution in [1.29, 1.82) is 0 Å². The number of anilines is 1. The number of thioether (sulfide) groups is 1. The Hall–Kier alpha value is -1.70. The van der Waals surface area contributed by atoms with Gasteiger partial charge < -0.3 is 5.32 Å². The van der Waals surface area contributed by atoms with E-state index in [0.717, 1.165) is 22.1 Å². The molecule has 0 unspecified atom stereocenters. The number of sulfonamides is 1. The number of nitrogens with zero attached hydrogens (tertiary/aromatic N) is 1. The number of halogens is 1. The SMILES string of the molecule is Cc1ccccc1CSCCNC(=O)CN(c1ccc(Cl)cc1C)S(C)(=O)=O. The van der Waals surface area contributed by atoms with E-state index in [4.69, 9.17) is 11.6 Å². The van der Waals surface area contributed by atoms with Crippen LogP contribution in [0.15, 0.2) is 42.5 Å². The number of hydrogen-bond acceptors (Lipinski definition) is 4. The second-order valence-electron chi connectivity index (χ2n) is 6.53. The van der Waals surface area contributed by atoms with Crippen LogP contribution in [0.2, 0.25) is 5.02 Å². The summed E-state index contributed by atoms with van der Waals surface area (Å²) < 4.78 is 25.5. The van der Waals surface area contributed by atoms with Gasteiger partial charge in [-0.05, 0) is 48.7 Å². The van der Waals surface area contributed by atoms with Gasteiger partial charge in [-0.25, -0.2) is 8.42 Å². The van der Waals surface area contributed by atoms with Crippen molar-refractivity contribution in [3.05, 3.63) is 64.2 Å². The Morgan fingerprint density at radius 2 is 1.86 bits per heavy atom. The third-order valence-electron chi connectivity index (χ3n) is 4.20. The van der Waals surface area contributed by atoms with Crippen molar-refractivity contribution in [1.82, 2.24) is 5.32 Å². The first-order chi connectivity index (χ1) is 13.2. The summed E-state index contributed by atoms with van der Waals surface area (Å²) in [5, 5.41) is 3.31. The molecule has 0 aromatic heterocycles. The second kappa shape index (κ2) is 10.2. The van der Waals surface area contributed by atoms with Crippen LogP contribution in [0.25, 0.3) is 0 Å². The van der Waals surface area contributed by atoms with Gasteiger partial charge in [-0.15, -0.1) is 0 Å². The minimum absolute atomic E-state index is 0.260. The van der Waals surface area contributed by atoms with Gasteiger partial charge in [-0.3, -0.25) is 9.10 Å². The Balaban J connectivity index is 1.88. The molecule has 2 rings (SSSR count). The third kappa shape index (κ3) is 6.72. The average molecular weight is 441 g/mol. The second-order valence-corrected chi connectivity index (χ2v) is 9.98.